The Hall–Kier alpha value is -3.07. The van der Waals surface area contributed by atoms with Gasteiger partial charge in [-0.15, -0.1) is 0 Å². The van der Waals surface area contributed by atoms with Crippen LogP contribution < -0.4 is 21.1 Å². The van der Waals surface area contributed by atoms with Crippen LogP contribution in [0, 0.1) is 0 Å². The highest BCUT2D eigenvalue weighted by atomic mass is 16.5. The van der Waals surface area contributed by atoms with Gasteiger partial charge in [-0.2, -0.15) is 9.97 Å². The third-order valence-corrected chi connectivity index (χ3v) is 5.18. The predicted octanol–water partition coefficient (Wildman–Crippen LogP) is 3.18. The summed E-state index contributed by atoms with van der Waals surface area (Å²) in [7, 11) is 1.62. The van der Waals surface area contributed by atoms with E-state index in [4.69, 9.17) is 10.5 Å². The van der Waals surface area contributed by atoms with Crippen molar-refractivity contribution in [3.8, 4) is 5.75 Å². The number of imidazole rings is 1. The first-order chi connectivity index (χ1) is 14.1. The van der Waals surface area contributed by atoms with Crippen molar-refractivity contribution in [3.05, 3.63) is 30.1 Å². The summed E-state index contributed by atoms with van der Waals surface area (Å²) >= 11 is 0. The number of nitrogens with zero attached hydrogens (tertiary/aromatic N) is 4. The number of ether oxygens (including phenoxy) is 1. The molecule has 0 saturated carbocycles. The Kier molecular flexibility index (Phi) is 6.02. The number of benzene rings is 1. The molecule has 9 nitrogen and oxygen atoms in total. The normalized spacial score (nSPS) is 12.9. The molecule has 0 aliphatic carbocycles. The minimum Gasteiger partial charge on any atom is -0.497 e. The quantitative estimate of drug-likeness (QED) is 0.415. The van der Waals surface area contributed by atoms with Crippen LogP contribution in [0.5, 0.6) is 5.75 Å². The Morgan fingerprint density at radius 2 is 1.97 bits per heavy atom. The largest absolute Gasteiger partial charge is 0.497 e. The van der Waals surface area contributed by atoms with E-state index in [9.17, 15) is 5.11 Å². The van der Waals surface area contributed by atoms with Crippen molar-refractivity contribution in [2.24, 2.45) is 0 Å². The Morgan fingerprint density at radius 1 is 1.23 bits per heavy atom. The maximum absolute atomic E-state index is 10.3. The molecular weight excluding hydrogens is 382 g/mol. The average Bonchev–Trinajstić information content (AvgIpc) is 3.10. The summed E-state index contributed by atoms with van der Waals surface area (Å²) in [6.07, 6.45) is 1.76. The number of nitrogen functional groups attached to an aromatic ring is 1. The van der Waals surface area contributed by atoms with Gasteiger partial charge in [0.15, 0.2) is 17.0 Å². The highest BCUT2D eigenvalue weighted by Gasteiger charge is 2.24. The van der Waals surface area contributed by atoms with Crippen LogP contribution in [0.25, 0.3) is 11.2 Å². The van der Waals surface area contributed by atoms with Crippen LogP contribution in [0.2, 0.25) is 0 Å². The van der Waals surface area contributed by atoms with Gasteiger partial charge < -0.3 is 30.8 Å². The topological polar surface area (TPSA) is 123 Å². The van der Waals surface area contributed by atoms with Crippen molar-refractivity contribution in [2.45, 2.75) is 58.8 Å². The van der Waals surface area contributed by atoms with Crippen molar-refractivity contribution in [1.29, 1.82) is 0 Å². The van der Waals surface area contributed by atoms with Gasteiger partial charge in [0, 0.05) is 18.3 Å². The van der Waals surface area contributed by atoms with Crippen LogP contribution in [-0.2, 0) is 6.54 Å². The molecule has 9 heteroatoms. The number of aromatic nitrogens is 4. The van der Waals surface area contributed by atoms with Crippen LogP contribution in [0.4, 0.5) is 17.5 Å². The van der Waals surface area contributed by atoms with Crippen molar-refractivity contribution >= 4 is 28.6 Å². The molecule has 2 heterocycles. The van der Waals surface area contributed by atoms with Crippen LogP contribution in [-0.4, -0.2) is 43.4 Å². The number of aliphatic hydroxyl groups is 1. The lowest BCUT2D eigenvalue weighted by Crippen LogP contribution is -2.39. The summed E-state index contributed by atoms with van der Waals surface area (Å²) in [6.45, 7) is 9.96. The third-order valence-electron chi connectivity index (χ3n) is 5.18. The second-order valence-corrected chi connectivity index (χ2v) is 8.25. The second-order valence-electron chi connectivity index (χ2n) is 8.25. The van der Waals surface area contributed by atoms with Crippen molar-refractivity contribution in [1.82, 2.24) is 19.5 Å². The number of hydrogen-bond donors (Lipinski definition) is 4. The number of fused-ring (bicyclic) bond motifs is 1. The minimum atomic E-state index is -0.931. The first kappa shape index (κ1) is 21.6. The molecular formula is C21H31N7O2. The van der Waals surface area contributed by atoms with Gasteiger partial charge in [0.2, 0.25) is 5.95 Å². The van der Waals surface area contributed by atoms with Gasteiger partial charge in [0.25, 0.3) is 0 Å². The Balaban J connectivity index is 1.98. The summed E-state index contributed by atoms with van der Waals surface area (Å²) in [5, 5.41) is 16.8. The SMILES string of the molecule is COc1ccc(N)c(CNc2nc(NC(C)C(C)(C)O)nc3c2ncn3C(C)C)c1. The summed E-state index contributed by atoms with van der Waals surface area (Å²) in [5.74, 6) is 1.74. The maximum Gasteiger partial charge on any atom is 0.227 e. The molecule has 0 fully saturated rings. The van der Waals surface area contributed by atoms with E-state index in [1.807, 2.05) is 29.7 Å². The number of hydrogen-bond acceptors (Lipinski definition) is 8. The fourth-order valence-electron chi connectivity index (χ4n) is 2.89. The molecule has 162 valence electrons. The van der Waals surface area contributed by atoms with Gasteiger partial charge in [-0.05, 0) is 58.4 Å². The molecule has 0 aliphatic rings. The molecule has 1 aromatic carbocycles. The van der Waals surface area contributed by atoms with Crippen LogP contribution >= 0.6 is 0 Å². The van der Waals surface area contributed by atoms with E-state index in [0.29, 0.717) is 35.2 Å². The lowest BCUT2D eigenvalue weighted by Gasteiger charge is -2.26. The molecule has 1 atom stereocenters. The summed E-state index contributed by atoms with van der Waals surface area (Å²) in [4.78, 5) is 13.8. The van der Waals surface area contributed by atoms with Gasteiger partial charge in [-0.3, -0.25) is 0 Å². The number of methoxy groups -OCH3 is 1. The summed E-state index contributed by atoms with van der Waals surface area (Å²) < 4.78 is 7.29. The Labute approximate surface area is 176 Å². The molecule has 0 radical (unpaired) electrons. The van der Waals surface area contributed by atoms with Crippen LogP contribution in [0.1, 0.15) is 46.2 Å². The third kappa shape index (κ3) is 4.56. The molecule has 0 amide bonds. The number of anilines is 3. The van der Waals surface area contributed by atoms with E-state index in [1.165, 1.54) is 0 Å². The molecule has 3 rings (SSSR count). The molecule has 3 aromatic rings. The molecule has 0 bridgehead atoms. The lowest BCUT2D eigenvalue weighted by molar-refractivity contribution is 0.0646. The zero-order valence-electron chi connectivity index (χ0n) is 18.4. The first-order valence-corrected chi connectivity index (χ1v) is 10.00. The molecule has 0 saturated heterocycles. The van der Waals surface area contributed by atoms with Gasteiger partial charge >= 0.3 is 0 Å². The van der Waals surface area contributed by atoms with Crippen molar-refractivity contribution < 1.29 is 9.84 Å². The fourth-order valence-corrected chi connectivity index (χ4v) is 2.89. The monoisotopic (exact) mass is 413 g/mol. The van der Waals surface area contributed by atoms with Crippen molar-refractivity contribution in [3.63, 3.8) is 0 Å². The zero-order chi connectivity index (χ0) is 22.1. The molecule has 5 N–H and O–H groups in total. The van der Waals surface area contributed by atoms with Gasteiger partial charge in [-0.25, -0.2) is 4.98 Å². The zero-order valence-corrected chi connectivity index (χ0v) is 18.4. The number of rotatable bonds is 8. The summed E-state index contributed by atoms with van der Waals surface area (Å²) in [5.41, 5.74) is 8.13. The number of nitrogens with two attached hydrogens (primary N) is 1. The van der Waals surface area contributed by atoms with Gasteiger partial charge in [0.05, 0.1) is 25.1 Å². The first-order valence-electron chi connectivity index (χ1n) is 10.00. The predicted molar refractivity (Wildman–Crippen MR) is 120 cm³/mol. The van der Waals surface area contributed by atoms with Crippen molar-refractivity contribution in [2.75, 3.05) is 23.5 Å². The van der Waals surface area contributed by atoms with Crippen LogP contribution in [0.15, 0.2) is 24.5 Å². The minimum absolute atomic E-state index is 0.186. The fraction of sp³-hybridized carbons (Fsp3) is 0.476. The van der Waals surface area contributed by atoms with Crippen LogP contribution in [0.3, 0.4) is 0 Å². The maximum atomic E-state index is 10.3. The Bertz CT molecular complexity index is 1020. The van der Waals surface area contributed by atoms with Gasteiger partial charge in [-0.1, -0.05) is 0 Å². The summed E-state index contributed by atoms with van der Waals surface area (Å²) in [6, 6.07) is 5.46. The Morgan fingerprint density at radius 3 is 2.60 bits per heavy atom. The molecule has 2 aromatic heterocycles. The highest BCUT2D eigenvalue weighted by molar-refractivity contribution is 5.84. The molecule has 0 spiro atoms. The molecule has 30 heavy (non-hydrogen) atoms. The lowest BCUT2D eigenvalue weighted by atomic mass is 10.0. The van der Waals surface area contributed by atoms with E-state index in [0.717, 1.165) is 11.3 Å². The second kappa shape index (κ2) is 8.35. The van der Waals surface area contributed by atoms with E-state index in [2.05, 4.69) is 39.4 Å². The van der Waals surface area contributed by atoms with E-state index < -0.39 is 5.60 Å². The standard InChI is InChI=1S/C21H31N7O2/c1-12(2)28-11-24-17-18(23-10-14-9-15(30-6)7-8-16(14)22)26-20(27-19(17)28)25-13(3)21(4,5)29/h7-9,11-13,29H,10,22H2,1-6H3,(H2,23,25,26,27). The molecule has 1 unspecified atom stereocenters. The highest BCUT2D eigenvalue weighted by Crippen LogP contribution is 2.26. The van der Waals surface area contributed by atoms with E-state index in [1.54, 1.807) is 27.3 Å². The number of nitrogens with one attached hydrogen (secondary N) is 2. The van der Waals surface area contributed by atoms with Gasteiger partial charge in [0.1, 0.15) is 5.75 Å². The molecule has 0 aliphatic heterocycles. The van der Waals surface area contributed by atoms with E-state index in [-0.39, 0.29) is 12.1 Å². The smallest absolute Gasteiger partial charge is 0.227 e. The average molecular weight is 414 g/mol. The van der Waals surface area contributed by atoms with E-state index >= 15 is 0 Å².